The summed E-state index contributed by atoms with van der Waals surface area (Å²) in [4.78, 5) is 11.7. The summed E-state index contributed by atoms with van der Waals surface area (Å²) in [5.41, 5.74) is -0.369. The highest BCUT2D eigenvalue weighted by Gasteiger charge is 2.23. The normalized spacial score (nSPS) is 11.0. The maximum Gasteiger partial charge on any atom is 0.292 e. The number of nitrogens with zero attached hydrogens (tertiary/aromatic N) is 2. The van der Waals surface area contributed by atoms with Gasteiger partial charge in [-0.3, -0.25) is 4.79 Å². The number of amides is 1. The Kier molecular flexibility index (Phi) is 5.19. The van der Waals surface area contributed by atoms with Crippen molar-refractivity contribution in [2.75, 3.05) is 14.1 Å². The Morgan fingerprint density at radius 1 is 1.40 bits per heavy atom. The van der Waals surface area contributed by atoms with Crippen LogP contribution in [0.15, 0.2) is 31.8 Å². The summed E-state index contributed by atoms with van der Waals surface area (Å²) >= 11 is 10.7. The number of carbonyl (C=O) groups excluding carboxylic acids is 1. The fraction of sp³-hybridized carbons (Fsp3) is 0.200. The van der Waals surface area contributed by atoms with Crippen LogP contribution in [0.2, 0.25) is 0 Å². The highest BCUT2D eigenvalue weighted by Crippen LogP contribution is 2.18. The van der Waals surface area contributed by atoms with Crippen molar-refractivity contribution in [2.45, 2.75) is 5.09 Å². The number of sulfonamides is 1. The molecule has 1 aromatic heterocycles. The van der Waals surface area contributed by atoms with Crippen LogP contribution in [-0.2, 0) is 10.0 Å². The molecule has 0 saturated heterocycles. The highest BCUT2D eigenvalue weighted by atomic mass is 35.5. The second kappa shape index (κ2) is 6.28. The minimum atomic E-state index is -3.78. The van der Waals surface area contributed by atoms with Crippen LogP contribution in [0.3, 0.4) is 0 Å². The number of rotatable bonds is 4. The van der Waals surface area contributed by atoms with Gasteiger partial charge in [0.15, 0.2) is 11.5 Å². The molecule has 0 radical (unpaired) electrons. The van der Waals surface area contributed by atoms with E-state index >= 15 is 0 Å². The molecular weight excluding hydrogens is 329 g/mol. The van der Waals surface area contributed by atoms with E-state index in [2.05, 4.69) is 5.32 Å². The van der Waals surface area contributed by atoms with Crippen molar-refractivity contribution in [3.8, 4) is 6.07 Å². The number of allylic oxidation sites excluding steroid dienone is 1. The van der Waals surface area contributed by atoms with Gasteiger partial charge in [0, 0.05) is 14.1 Å². The minimum Gasteiger partial charge on any atom is -0.438 e. The van der Waals surface area contributed by atoms with Gasteiger partial charge in [0.1, 0.15) is 10.6 Å². The summed E-state index contributed by atoms with van der Waals surface area (Å²) in [5.74, 6) is -1.15. The molecule has 0 bridgehead atoms. The number of halogens is 2. The van der Waals surface area contributed by atoms with E-state index in [0.717, 1.165) is 16.4 Å². The average Bonchev–Trinajstić information content (AvgIpc) is 2.85. The first-order chi connectivity index (χ1) is 9.20. The van der Waals surface area contributed by atoms with Gasteiger partial charge in [0.2, 0.25) is 5.09 Å². The van der Waals surface area contributed by atoms with E-state index in [0.29, 0.717) is 0 Å². The van der Waals surface area contributed by atoms with E-state index in [4.69, 9.17) is 32.9 Å². The fourth-order valence-corrected chi connectivity index (χ4v) is 2.03. The molecule has 20 heavy (non-hydrogen) atoms. The zero-order valence-corrected chi connectivity index (χ0v) is 12.7. The Balaban J connectivity index is 3.03. The van der Waals surface area contributed by atoms with Gasteiger partial charge in [0.05, 0.1) is 0 Å². The number of nitriles is 1. The fourth-order valence-electron chi connectivity index (χ4n) is 1.05. The van der Waals surface area contributed by atoms with Crippen LogP contribution in [0.5, 0.6) is 0 Å². The van der Waals surface area contributed by atoms with E-state index in [1.165, 1.54) is 14.1 Å². The number of hydrogen-bond donors (Lipinski definition) is 1. The lowest BCUT2D eigenvalue weighted by Gasteiger charge is -2.07. The van der Waals surface area contributed by atoms with Crippen LogP contribution < -0.4 is 5.32 Å². The first-order valence-corrected chi connectivity index (χ1v) is 7.19. The maximum atomic E-state index is 11.8. The molecular formula is C10H9Cl2N3O4S. The summed E-state index contributed by atoms with van der Waals surface area (Å²) in [6.45, 7) is 0. The molecule has 0 unspecified atom stereocenters. The molecule has 0 fully saturated rings. The first-order valence-electron chi connectivity index (χ1n) is 4.99. The van der Waals surface area contributed by atoms with Gasteiger partial charge in [-0.15, -0.1) is 0 Å². The van der Waals surface area contributed by atoms with Crippen LogP contribution in [0.1, 0.15) is 10.6 Å². The molecule has 10 heteroatoms. The number of furan rings is 1. The molecule has 0 aliphatic carbocycles. The van der Waals surface area contributed by atoms with Crippen molar-refractivity contribution in [1.29, 1.82) is 5.26 Å². The highest BCUT2D eigenvalue weighted by molar-refractivity contribution is 7.88. The molecule has 1 N–H and O–H groups in total. The molecule has 0 saturated carbocycles. The summed E-state index contributed by atoms with van der Waals surface area (Å²) in [6, 6.07) is 3.86. The molecule has 0 aliphatic heterocycles. The summed E-state index contributed by atoms with van der Waals surface area (Å²) < 4.78 is 29.0. The van der Waals surface area contributed by atoms with Gasteiger partial charge in [-0.1, -0.05) is 23.2 Å². The lowest BCUT2D eigenvalue weighted by atomic mass is 10.4. The van der Waals surface area contributed by atoms with Crippen LogP contribution in [0.4, 0.5) is 0 Å². The standard InChI is InChI=1S/C10H9Cl2N3O4S/c1-15(2)20(17,18)8-4-3-7(19-8)10(16)14-6(5-13)9(11)12/h3-4H,1-2H3,(H,14,16). The molecule has 1 aromatic rings. The molecule has 1 rings (SSSR count). The van der Waals surface area contributed by atoms with Crippen LogP contribution >= 0.6 is 23.2 Å². The number of hydrogen-bond acceptors (Lipinski definition) is 5. The van der Waals surface area contributed by atoms with E-state index in [9.17, 15) is 13.2 Å². The molecule has 0 aliphatic rings. The van der Waals surface area contributed by atoms with Crippen molar-refractivity contribution in [3.05, 3.63) is 28.1 Å². The van der Waals surface area contributed by atoms with Crippen molar-refractivity contribution >= 4 is 39.1 Å². The lowest BCUT2D eigenvalue weighted by molar-refractivity contribution is 0.0934. The largest absolute Gasteiger partial charge is 0.438 e. The van der Waals surface area contributed by atoms with E-state index in [1.54, 1.807) is 6.07 Å². The quantitative estimate of drug-likeness (QED) is 0.837. The SMILES string of the molecule is CN(C)S(=O)(=O)c1ccc(C(=O)NC(C#N)=C(Cl)Cl)o1. The summed E-state index contributed by atoms with van der Waals surface area (Å²) in [7, 11) is -1.14. The lowest BCUT2D eigenvalue weighted by Crippen LogP contribution is -2.23. The molecule has 1 heterocycles. The van der Waals surface area contributed by atoms with Gasteiger partial charge >= 0.3 is 0 Å². The van der Waals surface area contributed by atoms with Gasteiger partial charge in [-0.2, -0.15) is 5.26 Å². The smallest absolute Gasteiger partial charge is 0.292 e. The Bertz CT molecular complexity index is 696. The maximum absolute atomic E-state index is 11.8. The van der Waals surface area contributed by atoms with Crippen LogP contribution in [0.25, 0.3) is 0 Å². The van der Waals surface area contributed by atoms with E-state index in [1.807, 2.05) is 0 Å². The summed E-state index contributed by atoms with van der Waals surface area (Å²) in [6.07, 6.45) is 0. The third-order valence-electron chi connectivity index (χ3n) is 2.08. The van der Waals surface area contributed by atoms with Crippen molar-refractivity contribution in [1.82, 2.24) is 9.62 Å². The number of nitrogens with one attached hydrogen (secondary N) is 1. The van der Waals surface area contributed by atoms with Gasteiger partial charge < -0.3 is 9.73 Å². The van der Waals surface area contributed by atoms with Gasteiger partial charge in [0.25, 0.3) is 15.9 Å². The first kappa shape index (κ1) is 16.5. The average molecular weight is 338 g/mol. The van der Waals surface area contributed by atoms with E-state index < -0.39 is 25.5 Å². The zero-order valence-electron chi connectivity index (χ0n) is 10.3. The third kappa shape index (κ3) is 3.52. The topological polar surface area (TPSA) is 103 Å². The Morgan fingerprint density at radius 2 is 2.00 bits per heavy atom. The predicted octanol–water partition coefficient (Wildman–Crippen LogP) is 1.43. The monoisotopic (exact) mass is 337 g/mol. The Morgan fingerprint density at radius 3 is 2.45 bits per heavy atom. The Hall–Kier alpha value is -1.53. The molecule has 7 nitrogen and oxygen atoms in total. The molecule has 0 atom stereocenters. The second-order valence-corrected chi connectivity index (χ2v) is 6.64. The molecule has 0 aromatic carbocycles. The van der Waals surface area contributed by atoms with Crippen LogP contribution in [-0.4, -0.2) is 32.7 Å². The van der Waals surface area contributed by atoms with Crippen LogP contribution in [0, 0.1) is 11.3 Å². The molecule has 1 amide bonds. The predicted molar refractivity (Wildman–Crippen MR) is 71.4 cm³/mol. The Labute approximate surface area is 125 Å². The van der Waals surface area contributed by atoms with E-state index in [-0.39, 0.29) is 11.5 Å². The van der Waals surface area contributed by atoms with Gasteiger partial charge in [-0.25, -0.2) is 12.7 Å². The minimum absolute atomic E-state index is 0.298. The summed E-state index contributed by atoms with van der Waals surface area (Å²) in [5, 5.41) is 10.4. The van der Waals surface area contributed by atoms with Crippen molar-refractivity contribution in [2.24, 2.45) is 0 Å². The molecule has 108 valence electrons. The number of carbonyl (C=O) groups is 1. The van der Waals surface area contributed by atoms with Crippen molar-refractivity contribution in [3.63, 3.8) is 0 Å². The van der Waals surface area contributed by atoms with Crippen molar-refractivity contribution < 1.29 is 17.6 Å². The third-order valence-corrected chi connectivity index (χ3v) is 4.15. The zero-order chi connectivity index (χ0) is 15.5. The molecule has 0 spiro atoms. The second-order valence-electron chi connectivity index (χ2n) is 3.61. The van der Waals surface area contributed by atoms with Gasteiger partial charge in [-0.05, 0) is 12.1 Å².